The fourth-order valence-corrected chi connectivity index (χ4v) is 2.56. The average Bonchev–Trinajstić information content (AvgIpc) is 2.69. The number of aromatic nitrogens is 2. The minimum absolute atomic E-state index is 0.600. The van der Waals surface area contributed by atoms with Gasteiger partial charge in [-0.2, -0.15) is 5.10 Å². The molecule has 1 N–H and O–H groups in total. The predicted molar refractivity (Wildman–Crippen MR) is 82.3 cm³/mol. The number of nitrogens with zero attached hydrogens (tertiary/aromatic N) is 2. The van der Waals surface area contributed by atoms with Crippen LogP contribution >= 0.6 is 15.9 Å². The lowest BCUT2D eigenvalue weighted by Crippen LogP contribution is -2.22. The Morgan fingerprint density at radius 3 is 2.68 bits per heavy atom. The fraction of sp³-hybridized carbons (Fsp3) is 0.786. The molecule has 4 nitrogen and oxygen atoms in total. The lowest BCUT2D eigenvalue weighted by Gasteiger charge is -2.09. The number of aryl methyl sites for hydroxylation is 2. The van der Waals surface area contributed by atoms with Gasteiger partial charge >= 0.3 is 0 Å². The van der Waals surface area contributed by atoms with Crippen molar-refractivity contribution in [2.24, 2.45) is 5.92 Å². The first kappa shape index (κ1) is 16.7. The maximum atomic E-state index is 5.55. The van der Waals surface area contributed by atoms with Crippen molar-refractivity contribution < 1.29 is 4.74 Å². The van der Waals surface area contributed by atoms with Gasteiger partial charge in [0.05, 0.1) is 22.5 Å². The molecule has 0 aliphatic carbocycles. The van der Waals surface area contributed by atoms with Crippen LogP contribution < -0.4 is 5.32 Å². The van der Waals surface area contributed by atoms with Crippen molar-refractivity contribution in [1.29, 1.82) is 0 Å². The zero-order valence-corrected chi connectivity index (χ0v) is 14.1. The van der Waals surface area contributed by atoms with Gasteiger partial charge in [-0.1, -0.05) is 20.8 Å². The first-order valence-electron chi connectivity index (χ1n) is 7.12. The largest absolute Gasteiger partial charge is 0.380 e. The number of ether oxygens (including phenoxy) is 1. The van der Waals surface area contributed by atoms with Gasteiger partial charge in [-0.25, -0.2) is 0 Å². The highest BCUT2D eigenvalue weighted by Crippen LogP contribution is 2.22. The van der Waals surface area contributed by atoms with Crippen molar-refractivity contribution in [3.8, 4) is 0 Å². The van der Waals surface area contributed by atoms with E-state index in [0.717, 1.165) is 49.4 Å². The SMILES string of the molecule is CCc1nn(CC)c(CNCCOCC(C)C)c1Br. The molecule has 0 spiro atoms. The van der Waals surface area contributed by atoms with Crippen LogP contribution in [0.15, 0.2) is 4.47 Å². The first-order valence-corrected chi connectivity index (χ1v) is 7.91. The molecule has 0 unspecified atom stereocenters. The average molecular weight is 332 g/mol. The standard InChI is InChI=1S/C14H26BrN3O/c1-5-12-14(15)13(18(6-2)17-12)9-16-7-8-19-10-11(3)4/h11,16H,5-10H2,1-4H3. The Hall–Kier alpha value is -0.390. The number of hydrogen-bond donors (Lipinski definition) is 1. The molecule has 0 bridgehead atoms. The second-order valence-electron chi connectivity index (χ2n) is 5.02. The van der Waals surface area contributed by atoms with Gasteiger partial charge in [-0.15, -0.1) is 0 Å². The molecule has 0 aliphatic heterocycles. The molecule has 19 heavy (non-hydrogen) atoms. The monoisotopic (exact) mass is 331 g/mol. The molecule has 1 rings (SSSR count). The van der Waals surface area contributed by atoms with Crippen LogP contribution in [0.2, 0.25) is 0 Å². The van der Waals surface area contributed by atoms with Gasteiger partial charge in [0.2, 0.25) is 0 Å². The minimum atomic E-state index is 0.600. The molecule has 0 fully saturated rings. The first-order chi connectivity index (χ1) is 9.10. The summed E-state index contributed by atoms with van der Waals surface area (Å²) in [6.45, 7) is 12.8. The third kappa shape index (κ3) is 5.24. The summed E-state index contributed by atoms with van der Waals surface area (Å²) in [5.41, 5.74) is 2.36. The number of nitrogens with one attached hydrogen (secondary N) is 1. The quantitative estimate of drug-likeness (QED) is 0.707. The van der Waals surface area contributed by atoms with Gasteiger partial charge in [0, 0.05) is 26.2 Å². The lowest BCUT2D eigenvalue weighted by molar-refractivity contribution is 0.111. The maximum Gasteiger partial charge on any atom is 0.0767 e. The Balaban J connectivity index is 2.38. The van der Waals surface area contributed by atoms with E-state index in [-0.39, 0.29) is 0 Å². The topological polar surface area (TPSA) is 39.1 Å². The minimum Gasteiger partial charge on any atom is -0.380 e. The highest BCUT2D eigenvalue weighted by molar-refractivity contribution is 9.10. The number of hydrogen-bond acceptors (Lipinski definition) is 3. The highest BCUT2D eigenvalue weighted by Gasteiger charge is 2.12. The molecule has 1 aromatic rings. The summed E-state index contributed by atoms with van der Waals surface area (Å²) >= 11 is 3.65. The summed E-state index contributed by atoms with van der Waals surface area (Å²) in [6, 6.07) is 0. The van der Waals surface area contributed by atoms with Gasteiger partial charge in [0.25, 0.3) is 0 Å². The molecule has 1 heterocycles. The van der Waals surface area contributed by atoms with Gasteiger partial charge in [0.15, 0.2) is 0 Å². The smallest absolute Gasteiger partial charge is 0.0767 e. The third-order valence-electron chi connectivity index (χ3n) is 2.86. The molecule has 110 valence electrons. The van der Waals surface area contributed by atoms with Crippen LogP contribution in [0.25, 0.3) is 0 Å². The van der Waals surface area contributed by atoms with Gasteiger partial charge < -0.3 is 10.1 Å². The summed E-state index contributed by atoms with van der Waals surface area (Å²) < 4.78 is 8.76. The van der Waals surface area contributed by atoms with Crippen LogP contribution in [0.1, 0.15) is 39.1 Å². The number of halogens is 1. The van der Waals surface area contributed by atoms with E-state index in [2.05, 4.69) is 58.7 Å². The molecule has 0 saturated carbocycles. The summed E-state index contributed by atoms with van der Waals surface area (Å²) in [6.07, 6.45) is 0.956. The predicted octanol–water partition coefficient (Wildman–Crippen LogP) is 2.99. The zero-order chi connectivity index (χ0) is 14.3. The van der Waals surface area contributed by atoms with Gasteiger partial charge in [-0.05, 0) is 35.2 Å². The molecule has 0 saturated heterocycles. The molecule has 0 atom stereocenters. The fourth-order valence-electron chi connectivity index (χ4n) is 1.86. The van der Waals surface area contributed by atoms with Gasteiger partial charge in [0.1, 0.15) is 0 Å². The summed E-state index contributed by atoms with van der Waals surface area (Å²) in [4.78, 5) is 0. The Morgan fingerprint density at radius 1 is 1.37 bits per heavy atom. The van der Waals surface area contributed by atoms with Crippen molar-refractivity contribution in [2.75, 3.05) is 19.8 Å². The Bertz CT molecular complexity index is 377. The van der Waals surface area contributed by atoms with Crippen molar-refractivity contribution in [3.63, 3.8) is 0 Å². The molecule has 5 heteroatoms. The van der Waals surface area contributed by atoms with E-state index in [1.54, 1.807) is 0 Å². The summed E-state index contributed by atoms with van der Waals surface area (Å²) in [5.74, 6) is 0.600. The second kappa shape index (κ2) is 8.72. The molecule has 0 aliphatic rings. The normalized spacial score (nSPS) is 11.5. The van der Waals surface area contributed by atoms with Gasteiger partial charge in [-0.3, -0.25) is 4.68 Å². The van der Waals surface area contributed by atoms with E-state index in [0.29, 0.717) is 5.92 Å². The van der Waals surface area contributed by atoms with E-state index in [4.69, 9.17) is 4.74 Å². The van der Waals surface area contributed by atoms with Crippen molar-refractivity contribution >= 4 is 15.9 Å². The van der Waals surface area contributed by atoms with E-state index >= 15 is 0 Å². The van der Waals surface area contributed by atoms with Crippen LogP contribution in [-0.4, -0.2) is 29.5 Å². The zero-order valence-electron chi connectivity index (χ0n) is 12.5. The molecule has 0 radical (unpaired) electrons. The molecular weight excluding hydrogens is 306 g/mol. The molecule has 1 aromatic heterocycles. The Labute approximate surface area is 125 Å². The van der Waals surface area contributed by atoms with Crippen LogP contribution in [0.3, 0.4) is 0 Å². The van der Waals surface area contributed by atoms with E-state index in [1.807, 2.05) is 0 Å². The van der Waals surface area contributed by atoms with Crippen molar-refractivity contribution in [2.45, 2.75) is 47.2 Å². The second-order valence-corrected chi connectivity index (χ2v) is 5.82. The Kier molecular flexibility index (Phi) is 7.64. The molecule has 0 amide bonds. The molecular formula is C14H26BrN3O. The molecule has 0 aromatic carbocycles. The van der Waals surface area contributed by atoms with Crippen molar-refractivity contribution in [1.82, 2.24) is 15.1 Å². The van der Waals surface area contributed by atoms with Crippen LogP contribution in [0, 0.1) is 5.92 Å². The van der Waals surface area contributed by atoms with E-state index in [9.17, 15) is 0 Å². The summed E-state index contributed by atoms with van der Waals surface area (Å²) in [5, 5.41) is 8.00. The summed E-state index contributed by atoms with van der Waals surface area (Å²) in [7, 11) is 0. The highest BCUT2D eigenvalue weighted by atomic mass is 79.9. The van der Waals surface area contributed by atoms with E-state index < -0.39 is 0 Å². The van der Waals surface area contributed by atoms with E-state index in [1.165, 1.54) is 5.69 Å². The lowest BCUT2D eigenvalue weighted by atomic mass is 10.2. The maximum absolute atomic E-state index is 5.55. The van der Waals surface area contributed by atoms with Crippen LogP contribution in [0.4, 0.5) is 0 Å². The van der Waals surface area contributed by atoms with Crippen molar-refractivity contribution in [3.05, 3.63) is 15.9 Å². The Morgan fingerprint density at radius 2 is 2.11 bits per heavy atom. The van der Waals surface area contributed by atoms with Crippen LogP contribution in [0.5, 0.6) is 0 Å². The third-order valence-corrected chi connectivity index (χ3v) is 3.78. The number of rotatable bonds is 9. The van der Waals surface area contributed by atoms with Crippen LogP contribution in [-0.2, 0) is 24.2 Å².